The minimum absolute atomic E-state index is 0.0986. The molecule has 0 bridgehead atoms. The van der Waals surface area contributed by atoms with E-state index < -0.39 is 34.5 Å². The third-order valence-corrected chi connectivity index (χ3v) is 4.51. The summed E-state index contributed by atoms with van der Waals surface area (Å²) < 4.78 is 4.97. The largest absolute Gasteiger partial charge is 0.466 e. The fourth-order valence-corrected chi connectivity index (χ4v) is 3.32. The number of ketones is 2. The van der Waals surface area contributed by atoms with Crippen LogP contribution in [0.15, 0.2) is 30.3 Å². The van der Waals surface area contributed by atoms with E-state index in [0.29, 0.717) is 5.56 Å². The average Bonchev–Trinajstić information content (AvgIpc) is 2.50. The van der Waals surface area contributed by atoms with Gasteiger partial charge in [0.2, 0.25) is 0 Å². The zero-order valence-electron chi connectivity index (χ0n) is 14.4. The Labute approximate surface area is 142 Å². The molecule has 1 aliphatic carbocycles. The van der Waals surface area contributed by atoms with Crippen LogP contribution in [0.2, 0.25) is 0 Å². The van der Waals surface area contributed by atoms with Crippen LogP contribution in [-0.4, -0.2) is 34.9 Å². The Hall–Kier alpha value is -2.01. The highest BCUT2D eigenvalue weighted by Crippen LogP contribution is 2.43. The molecule has 130 valence electrons. The molecule has 0 radical (unpaired) electrons. The fraction of sp³-hybridized carbons (Fsp3) is 0.526. The van der Waals surface area contributed by atoms with Crippen molar-refractivity contribution in [3.05, 3.63) is 35.9 Å². The van der Waals surface area contributed by atoms with Crippen LogP contribution in [-0.2, 0) is 19.1 Å². The molecule has 0 amide bonds. The van der Waals surface area contributed by atoms with Gasteiger partial charge >= 0.3 is 5.97 Å². The molecule has 5 nitrogen and oxygen atoms in total. The number of hydrogen-bond acceptors (Lipinski definition) is 5. The molecule has 0 heterocycles. The molecule has 2 rings (SSSR count). The summed E-state index contributed by atoms with van der Waals surface area (Å²) in [5.41, 5.74) is -2.08. The average molecular weight is 332 g/mol. The lowest BCUT2D eigenvalue weighted by atomic mass is 9.63. The second kappa shape index (κ2) is 6.85. The first kappa shape index (κ1) is 18.3. The van der Waals surface area contributed by atoms with Crippen LogP contribution in [0, 0.1) is 5.41 Å². The van der Waals surface area contributed by atoms with Crippen molar-refractivity contribution >= 4 is 17.5 Å². The number of hydrogen-bond donors (Lipinski definition) is 1. The number of carbonyl (C=O) groups excluding carboxylic acids is 3. The van der Waals surface area contributed by atoms with Gasteiger partial charge in [0, 0.05) is 18.8 Å². The van der Waals surface area contributed by atoms with E-state index in [4.69, 9.17) is 4.74 Å². The highest BCUT2D eigenvalue weighted by atomic mass is 16.5. The van der Waals surface area contributed by atoms with E-state index in [1.165, 1.54) is 0 Å². The predicted octanol–water partition coefficient (Wildman–Crippen LogP) is 2.41. The van der Waals surface area contributed by atoms with Gasteiger partial charge in [-0.1, -0.05) is 44.2 Å². The van der Waals surface area contributed by atoms with E-state index in [1.807, 2.05) is 13.8 Å². The Morgan fingerprint density at radius 1 is 1.17 bits per heavy atom. The Kier molecular flexibility index (Phi) is 5.23. The third kappa shape index (κ3) is 3.56. The maximum absolute atomic E-state index is 12.7. The van der Waals surface area contributed by atoms with Crippen LogP contribution in [0.5, 0.6) is 0 Å². The van der Waals surface area contributed by atoms with Crippen LogP contribution in [0.25, 0.3) is 0 Å². The summed E-state index contributed by atoms with van der Waals surface area (Å²) in [4.78, 5) is 37.3. The number of aliphatic hydroxyl groups is 1. The molecule has 0 aromatic heterocycles. The standard InChI is InChI=1S/C19H24O5/c1-4-24-17(22)10-14(13-8-6-5-7-9-13)19(23)15(20)11-18(2,3)12-16(19)21/h5-9,14,23H,4,10-12H2,1-3H3. The van der Waals surface area contributed by atoms with Gasteiger partial charge in [0.05, 0.1) is 13.0 Å². The van der Waals surface area contributed by atoms with Crippen LogP contribution >= 0.6 is 0 Å². The Morgan fingerprint density at radius 2 is 1.71 bits per heavy atom. The normalized spacial score (nSPS) is 20.5. The molecule has 0 spiro atoms. The van der Waals surface area contributed by atoms with Crippen molar-refractivity contribution in [2.75, 3.05) is 6.61 Å². The van der Waals surface area contributed by atoms with Crippen molar-refractivity contribution in [3.8, 4) is 0 Å². The van der Waals surface area contributed by atoms with Crippen molar-refractivity contribution in [1.29, 1.82) is 0 Å². The summed E-state index contributed by atoms with van der Waals surface area (Å²) in [6.07, 6.45) is -0.0188. The number of ether oxygens (including phenoxy) is 1. The number of esters is 1. The Morgan fingerprint density at radius 3 is 2.21 bits per heavy atom. The van der Waals surface area contributed by atoms with Gasteiger partial charge in [-0.25, -0.2) is 0 Å². The Balaban J connectivity index is 2.44. The van der Waals surface area contributed by atoms with Crippen molar-refractivity contribution < 1.29 is 24.2 Å². The number of carbonyl (C=O) groups is 3. The summed E-state index contributed by atoms with van der Waals surface area (Å²) in [7, 11) is 0. The minimum atomic E-state index is -2.18. The van der Waals surface area contributed by atoms with E-state index in [0.717, 1.165) is 0 Å². The molecule has 0 aliphatic heterocycles. The van der Waals surface area contributed by atoms with E-state index >= 15 is 0 Å². The first-order valence-corrected chi connectivity index (χ1v) is 8.20. The van der Waals surface area contributed by atoms with Gasteiger partial charge in [0.1, 0.15) is 0 Å². The number of Topliss-reactive ketones (excluding diaryl/α,β-unsaturated/α-hetero) is 2. The highest BCUT2D eigenvalue weighted by Gasteiger charge is 2.56. The lowest BCUT2D eigenvalue weighted by molar-refractivity contribution is -0.163. The molecule has 1 aromatic carbocycles. The molecule has 1 fully saturated rings. The monoisotopic (exact) mass is 332 g/mol. The van der Waals surface area contributed by atoms with Gasteiger partial charge in [-0.15, -0.1) is 0 Å². The van der Waals surface area contributed by atoms with E-state index in [9.17, 15) is 19.5 Å². The van der Waals surface area contributed by atoms with E-state index in [2.05, 4.69) is 0 Å². The fourth-order valence-electron chi connectivity index (χ4n) is 3.32. The molecule has 1 saturated carbocycles. The van der Waals surface area contributed by atoms with Gasteiger partial charge in [-0.05, 0) is 17.9 Å². The van der Waals surface area contributed by atoms with Crippen LogP contribution in [0.1, 0.15) is 51.5 Å². The van der Waals surface area contributed by atoms with Gasteiger partial charge in [-0.2, -0.15) is 0 Å². The first-order valence-electron chi connectivity index (χ1n) is 8.20. The number of benzene rings is 1. The molecular formula is C19H24O5. The summed E-state index contributed by atoms with van der Waals surface area (Å²) in [6.45, 7) is 5.54. The zero-order valence-corrected chi connectivity index (χ0v) is 14.4. The first-order chi connectivity index (χ1) is 11.2. The minimum Gasteiger partial charge on any atom is -0.466 e. The molecular weight excluding hydrogens is 308 g/mol. The van der Waals surface area contributed by atoms with Gasteiger partial charge in [0.25, 0.3) is 0 Å². The van der Waals surface area contributed by atoms with E-state index in [1.54, 1.807) is 37.3 Å². The maximum Gasteiger partial charge on any atom is 0.306 e. The van der Waals surface area contributed by atoms with Crippen molar-refractivity contribution in [3.63, 3.8) is 0 Å². The molecule has 0 saturated heterocycles. The van der Waals surface area contributed by atoms with Crippen LogP contribution < -0.4 is 0 Å². The summed E-state index contributed by atoms with van der Waals surface area (Å²) >= 11 is 0. The highest BCUT2D eigenvalue weighted by molar-refractivity contribution is 6.13. The third-order valence-electron chi connectivity index (χ3n) is 4.51. The SMILES string of the molecule is CCOC(=O)CC(c1ccccc1)C1(O)C(=O)CC(C)(C)CC1=O. The molecule has 5 heteroatoms. The lowest BCUT2D eigenvalue weighted by Gasteiger charge is -2.41. The molecule has 1 N–H and O–H groups in total. The van der Waals surface area contributed by atoms with Gasteiger partial charge in [0.15, 0.2) is 17.2 Å². The predicted molar refractivity (Wildman–Crippen MR) is 88.4 cm³/mol. The van der Waals surface area contributed by atoms with Gasteiger partial charge in [-0.3, -0.25) is 14.4 Å². The summed E-state index contributed by atoms with van der Waals surface area (Å²) in [6, 6.07) is 8.71. The maximum atomic E-state index is 12.7. The van der Waals surface area contributed by atoms with Crippen LogP contribution in [0.3, 0.4) is 0 Å². The van der Waals surface area contributed by atoms with Crippen LogP contribution in [0.4, 0.5) is 0 Å². The molecule has 1 atom stereocenters. The molecule has 24 heavy (non-hydrogen) atoms. The Bertz CT molecular complexity index is 612. The number of rotatable bonds is 5. The van der Waals surface area contributed by atoms with Crippen molar-refractivity contribution in [1.82, 2.24) is 0 Å². The summed E-state index contributed by atoms with van der Waals surface area (Å²) in [5.74, 6) is -2.53. The van der Waals surface area contributed by atoms with Gasteiger partial charge < -0.3 is 9.84 Å². The molecule has 1 aliphatic rings. The quantitative estimate of drug-likeness (QED) is 0.661. The second-order valence-corrected chi connectivity index (χ2v) is 7.10. The molecule has 1 unspecified atom stereocenters. The second-order valence-electron chi connectivity index (χ2n) is 7.10. The van der Waals surface area contributed by atoms with Crippen molar-refractivity contribution in [2.45, 2.75) is 51.6 Å². The summed E-state index contributed by atoms with van der Waals surface area (Å²) in [5, 5.41) is 11.1. The topological polar surface area (TPSA) is 80.7 Å². The van der Waals surface area contributed by atoms with Crippen molar-refractivity contribution in [2.24, 2.45) is 5.41 Å². The zero-order chi connectivity index (χ0) is 18.0. The lowest BCUT2D eigenvalue weighted by Crippen LogP contribution is -2.57. The van der Waals surface area contributed by atoms with E-state index in [-0.39, 0.29) is 25.9 Å². The molecule has 1 aromatic rings. The smallest absolute Gasteiger partial charge is 0.306 e.